The fraction of sp³-hybridized carbons (Fsp3) is 0.200. The van der Waals surface area contributed by atoms with E-state index in [2.05, 4.69) is 20.7 Å². The van der Waals surface area contributed by atoms with Gasteiger partial charge in [0.2, 0.25) is 5.91 Å². The van der Waals surface area contributed by atoms with E-state index >= 15 is 0 Å². The van der Waals surface area contributed by atoms with Gasteiger partial charge in [-0.1, -0.05) is 42.5 Å². The first kappa shape index (κ1) is 17.7. The van der Waals surface area contributed by atoms with Crippen molar-refractivity contribution in [2.24, 2.45) is 0 Å². The number of carbonyl (C=O) groups is 3. The van der Waals surface area contributed by atoms with Crippen LogP contribution in [0.4, 0.5) is 4.79 Å². The molecule has 3 N–H and O–H groups in total. The van der Waals surface area contributed by atoms with Gasteiger partial charge in [0.1, 0.15) is 11.4 Å². The van der Waals surface area contributed by atoms with Crippen LogP contribution >= 0.6 is 0 Å². The molecule has 4 amide bonds. The van der Waals surface area contributed by atoms with Gasteiger partial charge in [-0.15, -0.1) is 0 Å². The highest BCUT2D eigenvalue weighted by molar-refractivity contribution is 6.08. The topological polar surface area (TPSA) is 107 Å². The van der Waals surface area contributed by atoms with Gasteiger partial charge in [0.15, 0.2) is 0 Å². The molecule has 0 spiro atoms. The van der Waals surface area contributed by atoms with Crippen LogP contribution in [0.25, 0.3) is 11.0 Å². The number of para-hydroxylation sites is 2. The highest BCUT2D eigenvalue weighted by atomic mass is 16.2. The van der Waals surface area contributed by atoms with Crippen LogP contribution in [0.2, 0.25) is 0 Å². The third-order valence-electron chi connectivity index (χ3n) is 4.81. The molecule has 8 heteroatoms. The molecule has 2 aromatic carbocycles. The summed E-state index contributed by atoms with van der Waals surface area (Å²) in [5, 5.41) is 3.39. The zero-order valence-electron chi connectivity index (χ0n) is 15.2. The number of nitrogens with one attached hydrogen (secondary N) is 3. The number of rotatable bonds is 5. The molecule has 28 heavy (non-hydrogen) atoms. The van der Waals surface area contributed by atoms with E-state index in [9.17, 15) is 14.4 Å². The monoisotopic (exact) mass is 377 g/mol. The number of fused-ring (bicyclic) bond motifs is 1. The zero-order chi connectivity index (χ0) is 19.7. The first-order valence-electron chi connectivity index (χ1n) is 8.93. The van der Waals surface area contributed by atoms with Crippen molar-refractivity contribution in [2.75, 3.05) is 0 Å². The number of nitrogens with zero attached hydrogens (tertiary/aromatic N) is 2. The number of imide groups is 1. The van der Waals surface area contributed by atoms with Gasteiger partial charge in [-0.3, -0.25) is 15.0 Å². The summed E-state index contributed by atoms with van der Waals surface area (Å²) in [6.45, 7) is 1.61. The van der Waals surface area contributed by atoms with Crippen molar-refractivity contribution in [3.63, 3.8) is 0 Å². The van der Waals surface area contributed by atoms with E-state index in [0.717, 1.165) is 16.0 Å². The lowest BCUT2D eigenvalue weighted by Gasteiger charge is -2.22. The van der Waals surface area contributed by atoms with Gasteiger partial charge >= 0.3 is 6.03 Å². The fourth-order valence-corrected chi connectivity index (χ4v) is 3.24. The van der Waals surface area contributed by atoms with Crippen molar-refractivity contribution in [3.8, 4) is 0 Å². The Morgan fingerprint density at radius 3 is 2.57 bits per heavy atom. The number of H-pyrrole nitrogens is 1. The first-order chi connectivity index (χ1) is 13.5. The molecule has 4 rings (SSSR count). The van der Waals surface area contributed by atoms with Gasteiger partial charge in [-0.2, -0.15) is 5.01 Å². The van der Waals surface area contributed by atoms with Gasteiger partial charge in [0, 0.05) is 12.8 Å². The summed E-state index contributed by atoms with van der Waals surface area (Å²) in [7, 11) is 0. The average molecular weight is 377 g/mol. The number of imidazole rings is 1. The number of hydrazine groups is 1. The minimum atomic E-state index is -1.22. The molecule has 0 aliphatic carbocycles. The summed E-state index contributed by atoms with van der Waals surface area (Å²) in [4.78, 5) is 44.9. The third-order valence-corrected chi connectivity index (χ3v) is 4.81. The van der Waals surface area contributed by atoms with E-state index in [1.165, 1.54) is 0 Å². The molecule has 0 radical (unpaired) electrons. The standard InChI is InChI=1S/C20H19N5O3/c1-20(13-7-3-2-4-8-13)18(27)25(19(28)23-20)24-17(26)12-11-16-21-14-9-5-6-10-15(14)22-16/h2-10H,11-12H2,1H3,(H,21,22)(H,23,28)(H,24,26). The molecule has 1 aliphatic heterocycles. The number of aromatic amines is 1. The molecular formula is C20H19N5O3. The molecule has 1 saturated heterocycles. The summed E-state index contributed by atoms with van der Waals surface area (Å²) >= 11 is 0. The van der Waals surface area contributed by atoms with Crippen molar-refractivity contribution >= 4 is 28.9 Å². The Bertz CT molecular complexity index is 1030. The SMILES string of the molecule is CC1(c2ccccc2)NC(=O)N(NC(=O)CCc2nc3ccccc3[nH]2)C1=O. The lowest BCUT2D eigenvalue weighted by molar-refractivity contribution is -0.139. The lowest BCUT2D eigenvalue weighted by Crippen LogP contribution is -2.48. The third kappa shape index (κ3) is 3.09. The van der Waals surface area contributed by atoms with Gasteiger partial charge in [-0.25, -0.2) is 9.78 Å². The Kier molecular flexibility index (Phi) is 4.31. The Hall–Kier alpha value is -3.68. The summed E-state index contributed by atoms with van der Waals surface area (Å²) in [6.07, 6.45) is 0.444. The maximum Gasteiger partial charge on any atom is 0.344 e. The molecule has 1 unspecified atom stereocenters. The highest BCUT2D eigenvalue weighted by Gasteiger charge is 2.49. The zero-order valence-corrected chi connectivity index (χ0v) is 15.2. The maximum absolute atomic E-state index is 12.8. The number of amides is 4. The molecule has 1 fully saturated rings. The smallest absolute Gasteiger partial charge is 0.342 e. The van der Waals surface area contributed by atoms with Crippen LogP contribution in [0.1, 0.15) is 24.7 Å². The van der Waals surface area contributed by atoms with Gasteiger partial charge in [0.25, 0.3) is 5.91 Å². The summed E-state index contributed by atoms with van der Waals surface area (Å²) in [5.74, 6) is -0.301. The Labute approximate surface area is 160 Å². The molecular weight excluding hydrogens is 358 g/mol. The molecule has 1 atom stereocenters. The van der Waals surface area contributed by atoms with Crippen molar-refractivity contribution in [1.29, 1.82) is 0 Å². The summed E-state index contributed by atoms with van der Waals surface area (Å²) in [6, 6.07) is 15.8. The van der Waals surface area contributed by atoms with Crippen LogP contribution in [0, 0.1) is 0 Å². The predicted molar refractivity (Wildman–Crippen MR) is 102 cm³/mol. The second-order valence-electron chi connectivity index (χ2n) is 6.80. The Morgan fingerprint density at radius 1 is 1.11 bits per heavy atom. The van der Waals surface area contributed by atoms with Gasteiger partial charge in [-0.05, 0) is 24.6 Å². The molecule has 8 nitrogen and oxygen atoms in total. The summed E-state index contributed by atoms with van der Waals surface area (Å²) in [5.41, 5.74) is 3.55. The normalized spacial score (nSPS) is 19.1. The highest BCUT2D eigenvalue weighted by Crippen LogP contribution is 2.27. The number of aryl methyl sites for hydroxylation is 1. The van der Waals surface area contributed by atoms with Crippen LogP contribution in [-0.4, -0.2) is 32.8 Å². The second kappa shape index (κ2) is 6.80. The van der Waals surface area contributed by atoms with Crippen LogP contribution in [0.15, 0.2) is 54.6 Å². The summed E-state index contributed by atoms with van der Waals surface area (Å²) < 4.78 is 0. The number of aromatic nitrogens is 2. The lowest BCUT2D eigenvalue weighted by atomic mass is 9.92. The van der Waals surface area contributed by atoms with Gasteiger partial charge in [0.05, 0.1) is 11.0 Å². The van der Waals surface area contributed by atoms with Crippen LogP contribution in [-0.2, 0) is 21.5 Å². The van der Waals surface area contributed by atoms with Crippen LogP contribution < -0.4 is 10.7 Å². The average Bonchev–Trinajstić information content (AvgIpc) is 3.21. The van der Waals surface area contributed by atoms with E-state index in [1.807, 2.05) is 30.3 Å². The maximum atomic E-state index is 12.8. The number of hydrogen-bond donors (Lipinski definition) is 3. The minimum Gasteiger partial charge on any atom is -0.342 e. The molecule has 2 heterocycles. The van der Waals surface area contributed by atoms with E-state index in [0.29, 0.717) is 17.8 Å². The van der Waals surface area contributed by atoms with E-state index < -0.39 is 23.4 Å². The van der Waals surface area contributed by atoms with Crippen molar-refractivity contribution in [3.05, 3.63) is 66.0 Å². The Morgan fingerprint density at radius 2 is 1.82 bits per heavy atom. The largest absolute Gasteiger partial charge is 0.344 e. The van der Waals surface area contributed by atoms with E-state index in [-0.39, 0.29) is 6.42 Å². The number of benzene rings is 2. The molecule has 3 aromatic rings. The Balaban J connectivity index is 1.41. The van der Waals surface area contributed by atoms with Crippen molar-refractivity contribution in [2.45, 2.75) is 25.3 Å². The molecule has 1 aliphatic rings. The fourth-order valence-electron chi connectivity index (χ4n) is 3.24. The minimum absolute atomic E-state index is 0.0823. The molecule has 142 valence electrons. The second-order valence-corrected chi connectivity index (χ2v) is 6.80. The van der Waals surface area contributed by atoms with Crippen molar-refractivity contribution < 1.29 is 14.4 Å². The molecule has 0 bridgehead atoms. The van der Waals surface area contributed by atoms with Crippen LogP contribution in [0.5, 0.6) is 0 Å². The number of carbonyl (C=O) groups excluding carboxylic acids is 3. The number of urea groups is 1. The first-order valence-corrected chi connectivity index (χ1v) is 8.93. The predicted octanol–water partition coefficient (Wildman–Crippen LogP) is 1.99. The van der Waals surface area contributed by atoms with E-state index in [1.54, 1.807) is 31.2 Å². The van der Waals surface area contributed by atoms with Crippen molar-refractivity contribution in [1.82, 2.24) is 25.7 Å². The number of hydrogen-bond acceptors (Lipinski definition) is 4. The molecule has 1 aromatic heterocycles. The molecule has 0 saturated carbocycles. The van der Waals surface area contributed by atoms with Crippen LogP contribution in [0.3, 0.4) is 0 Å². The van der Waals surface area contributed by atoms with Gasteiger partial charge < -0.3 is 10.3 Å². The van der Waals surface area contributed by atoms with E-state index in [4.69, 9.17) is 0 Å². The quantitative estimate of drug-likeness (QED) is 0.591.